The number of aromatic nitrogens is 1. The van der Waals surface area contributed by atoms with Crippen LogP contribution >= 0.6 is 0 Å². The molecular formula is C28H35N5O2. The van der Waals surface area contributed by atoms with Crippen molar-refractivity contribution in [3.8, 4) is 11.5 Å². The fourth-order valence-corrected chi connectivity index (χ4v) is 5.06. The number of likely N-dealkylation sites (tertiary alicyclic amines) is 2. The van der Waals surface area contributed by atoms with Gasteiger partial charge in [-0.25, -0.2) is 4.98 Å². The molecule has 2 saturated heterocycles. The van der Waals surface area contributed by atoms with Gasteiger partial charge in [-0.15, -0.1) is 0 Å². The molecule has 2 aliphatic heterocycles. The molecule has 4 N–H and O–H groups in total. The minimum Gasteiger partial charge on any atom is -0.508 e. The van der Waals surface area contributed by atoms with Crippen molar-refractivity contribution in [3.05, 3.63) is 65.4 Å². The Balaban J connectivity index is 1.30. The fourth-order valence-electron chi connectivity index (χ4n) is 5.06. The highest BCUT2D eigenvalue weighted by atomic mass is 16.3. The highest BCUT2D eigenvalue weighted by Gasteiger charge is 2.16. The van der Waals surface area contributed by atoms with Crippen LogP contribution in [-0.2, 0) is 13.1 Å². The van der Waals surface area contributed by atoms with Crippen LogP contribution in [0.2, 0.25) is 0 Å². The van der Waals surface area contributed by atoms with Crippen molar-refractivity contribution >= 4 is 22.9 Å². The molecule has 7 nitrogen and oxygen atoms in total. The molecule has 0 amide bonds. The molecule has 0 bridgehead atoms. The molecule has 0 spiro atoms. The second kappa shape index (κ2) is 10.5. The number of hydrogen-bond donors (Lipinski definition) is 4. The highest BCUT2D eigenvalue weighted by Crippen LogP contribution is 2.29. The number of phenols is 2. The summed E-state index contributed by atoms with van der Waals surface area (Å²) in [5.41, 5.74) is 5.52. The monoisotopic (exact) mass is 473 g/mol. The Morgan fingerprint density at radius 1 is 0.686 bits per heavy atom. The fraction of sp³-hybridized carbons (Fsp3) is 0.393. The van der Waals surface area contributed by atoms with Crippen molar-refractivity contribution in [2.75, 3.05) is 36.8 Å². The summed E-state index contributed by atoms with van der Waals surface area (Å²) in [5.74, 6) is 1.41. The van der Waals surface area contributed by atoms with Crippen molar-refractivity contribution in [3.63, 3.8) is 0 Å². The average molecular weight is 474 g/mol. The lowest BCUT2D eigenvalue weighted by atomic mass is 10.1. The first-order valence-corrected chi connectivity index (χ1v) is 12.6. The number of aryl methyl sites for hydroxylation is 1. The molecule has 184 valence electrons. The first-order valence-electron chi connectivity index (χ1n) is 12.6. The molecule has 2 fully saturated rings. The van der Waals surface area contributed by atoms with Gasteiger partial charge < -0.3 is 20.8 Å². The molecule has 0 radical (unpaired) electrons. The van der Waals surface area contributed by atoms with E-state index in [1.54, 1.807) is 12.1 Å². The van der Waals surface area contributed by atoms with E-state index in [9.17, 15) is 10.2 Å². The molecule has 3 aromatic rings. The maximum atomic E-state index is 10.3. The third-order valence-corrected chi connectivity index (χ3v) is 6.86. The van der Waals surface area contributed by atoms with Crippen LogP contribution in [0.3, 0.4) is 0 Å². The van der Waals surface area contributed by atoms with Gasteiger partial charge in [-0.05, 0) is 101 Å². The van der Waals surface area contributed by atoms with Gasteiger partial charge in [-0.2, -0.15) is 0 Å². The molecule has 0 saturated carbocycles. The summed E-state index contributed by atoms with van der Waals surface area (Å²) in [6.45, 7) is 7.85. The largest absolute Gasteiger partial charge is 0.508 e. The van der Waals surface area contributed by atoms with E-state index in [2.05, 4.69) is 25.4 Å². The minimum absolute atomic E-state index is 0.332. The van der Waals surface area contributed by atoms with E-state index in [0.29, 0.717) is 11.5 Å². The van der Waals surface area contributed by atoms with Crippen LogP contribution in [0.4, 0.5) is 22.9 Å². The lowest BCUT2D eigenvalue weighted by Gasteiger charge is -2.18. The van der Waals surface area contributed by atoms with Gasteiger partial charge in [-0.1, -0.05) is 0 Å². The van der Waals surface area contributed by atoms with Crippen LogP contribution in [0.1, 0.15) is 42.5 Å². The molecule has 3 heterocycles. The summed E-state index contributed by atoms with van der Waals surface area (Å²) >= 11 is 0. The number of pyridine rings is 1. The van der Waals surface area contributed by atoms with Crippen molar-refractivity contribution in [1.82, 2.24) is 14.8 Å². The van der Waals surface area contributed by atoms with E-state index in [1.165, 1.54) is 25.7 Å². The summed E-state index contributed by atoms with van der Waals surface area (Å²) in [7, 11) is 0. The minimum atomic E-state index is 0.332. The SMILES string of the molecule is Cc1cc(Nc2ccc(O)c(CN3CCCC3)c2)cc(Nc2ccc(O)c(CN3CCCC3)c2)n1. The number of benzene rings is 2. The smallest absolute Gasteiger partial charge is 0.132 e. The zero-order valence-electron chi connectivity index (χ0n) is 20.4. The Morgan fingerprint density at radius 2 is 1.20 bits per heavy atom. The molecule has 0 aliphatic carbocycles. The van der Waals surface area contributed by atoms with E-state index in [1.807, 2.05) is 43.3 Å². The van der Waals surface area contributed by atoms with Gasteiger partial charge in [0.25, 0.3) is 0 Å². The van der Waals surface area contributed by atoms with E-state index in [0.717, 1.165) is 79.0 Å². The maximum absolute atomic E-state index is 10.3. The first-order chi connectivity index (χ1) is 17.0. The Bertz CT molecular complexity index is 1080. The summed E-state index contributed by atoms with van der Waals surface area (Å²) in [4.78, 5) is 9.41. The standard InChI is InChI=1S/C28H35N5O2/c1-20-14-25(30-23-6-8-26(34)21(15-23)18-32-10-2-3-11-32)17-28(29-20)31-24-7-9-27(35)22(16-24)19-33-12-4-5-13-33/h6-9,14-17,34-35H,2-5,10-13,18-19H2,1H3,(H2,29,30,31). The van der Waals surface area contributed by atoms with Gasteiger partial charge in [-0.3, -0.25) is 9.80 Å². The number of nitrogens with zero attached hydrogens (tertiary/aromatic N) is 3. The first kappa shape index (κ1) is 23.5. The average Bonchev–Trinajstić information content (AvgIpc) is 3.52. The molecule has 2 aliphatic rings. The van der Waals surface area contributed by atoms with Crippen LogP contribution in [-0.4, -0.2) is 51.2 Å². The Hall–Kier alpha value is -3.29. The Morgan fingerprint density at radius 3 is 1.74 bits per heavy atom. The zero-order chi connectivity index (χ0) is 24.2. The van der Waals surface area contributed by atoms with Crippen LogP contribution < -0.4 is 10.6 Å². The van der Waals surface area contributed by atoms with E-state index in [4.69, 9.17) is 0 Å². The summed E-state index contributed by atoms with van der Waals surface area (Å²) in [6, 6.07) is 15.3. The molecule has 35 heavy (non-hydrogen) atoms. The molecule has 0 unspecified atom stereocenters. The third-order valence-electron chi connectivity index (χ3n) is 6.86. The number of phenolic OH excluding ortho intramolecular Hbond substituents is 2. The molecule has 1 aromatic heterocycles. The van der Waals surface area contributed by atoms with Gasteiger partial charge >= 0.3 is 0 Å². The highest BCUT2D eigenvalue weighted by molar-refractivity contribution is 5.68. The molecule has 7 heteroatoms. The van der Waals surface area contributed by atoms with Gasteiger partial charge in [0.15, 0.2) is 0 Å². The molecule has 5 rings (SSSR count). The number of anilines is 4. The van der Waals surface area contributed by atoms with Crippen molar-refractivity contribution in [1.29, 1.82) is 0 Å². The quantitative estimate of drug-likeness (QED) is 0.322. The van der Waals surface area contributed by atoms with E-state index >= 15 is 0 Å². The summed E-state index contributed by atoms with van der Waals surface area (Å²) < 4.78 is 0. The topological polar surface area (TPSA) is 83.9 Å². The van der Waals surface area contributed by atoms with E-state index in [-0.39, 0.29) is 0 Å². The predicted molar refractivity (Wildman–Crippen MR) is 141 cm³/mol. The maximum Gasteiger partial charge on any atom is 0.132 e. The van der Waals surface area contributed by atoms with Crippen LogP contribution in [0.5, 0.6) is 11.5 Å². The second-order valence-corrected chi connectivity index (χ2v) is 9.79. The van der Waals surface area contributed by atoms with Gasteiger partial charge in [0.05, 0.1) is 0 Å². The summed E-state index contributed by atoms with van der Waals surface area (Å²) in [6.07, 6.45) is 4.90. The van der Waals surface area contributed by atoms with Gasteiger partial charge in [0, 0.05) is 53.0 Å². The number of hydrogen-bond acceptors (Lipinski definition) is 7. The zero-order valence-corrected chi connectivity index (χ0v) is 20.4. The number of rotatable bonds is 8. The molecular weight excluding hydrogens is 438 g/mol. The predicted octanol–water partition coefficient (Wildman–Crippen LogP) is 5.48. The van der Waals surface area contributed by atoms with Gasteiger partial charge in [0.2, 0.25) is 0 Å². The van der Waals surface area contributed by atoms with Crippen molar-refractivity contribution < 1.29 is 10.2 Å². The lowest BCUT2D eigenvalue weighted by molar-refractivity contribution is 0.324. The molecule has 0 atom stereocenters. The second-order valence-electron chi connectivity index (χ2n) is 9.79. The van der Waals surface area contributed by atoms with Crippen LogP contribution in [0, 0.1) is 6.92 Å². The number of nitrogens with one attached hydrogen (secondary N) is 2. The normalized spacial score (nSPS) is 16.6. The van der Waals surface area contributed by atoms with Crippen LogP contribution in [0.15, 0.2) is 48.5 Å². The van der Waals surface area contributed by atoms with E-state index < -0.39 is 0 Å². The van der Waals surface area contributed by atoms with Crippen LogP contribution in [0.25, 0.3) is 0 Å². The van der Waals surface area contributed by atoms with Crippen molar-refractivity contribution in [2.45, 2.75) is 45.7 Å². The van der Waals surface area contributed by atoms with Crippen molar-refractivity contribution in [2.24, 2.45) is 0 Å². The summed E-state index contributed by atoms with van der Waals surface area (Å²) in [5, 5.41) is 27.6. The Labute approximate surface area is 207 Å². The van der Waals surface area contributed by atoms with Gasteiger partial charge in [0.1, 0.15) is 17.3 Å². The Kier molecular flexibility index (Phi) is 7.06. The lowest BCUT2D eigenvalue weighted by Crippen LogP contribution is -2.18. The molecule has 2 aromatic carbocycles. The number of aromatic hydroxyl groups is 2. The third kappa shape index (κ3) is 6.05.